The van der Waals surface area contributed by atoms with Crippen molar-refractivity contribution in [1.29, 1.82) is 0 Å². The predicted octanol–water partition coefficient (Wildman–Crippen LogP) is 3.99. The van der Waals surface area contributed by atoms with Gasteiger partial charge in [0.1, 0.15) is 11.9 Å². The topological polar surface area (TPSA) is 84.1 Å². The third-order valence-corrected chi connectivity index (χ3v) is 6.93. The maximum atomic E-state index is 13.7. The number of halogens is 4. The highest BCUT2D eigenvalue weighted by Crippen LogP contribution is 2.34. The second-order valence-electron chi connectivity index (χ2n) is 7.59. The van der Waals surface area contributed by atoms with Crippen molar-refractivity contribution in [3.8, 4) is 6.01 Å². The molecular weight excluding hydrogens is 414 g/mol. The first kappa shape index (κ1) is 21.8. The van der Waals surface area contributed by atoms with E-state index in [9.17, 15) is 26.0 Å². The number of alkyl halides is 3. The summed E-state index contributed by atoms with van der Waals surface area (Å²) in [5.74, 6) is -1.19. The minimum absolute atomic E-state index is 0.0442. The van der Waals surface area contributed by atoms with Crippen LogP contribution in [0.2, 0.25) is 0 Å². The largest absolute Gasteiger partial charge is 0.461 e. The Balaban J connectivity index is 1.58. The highest BCUT2D eigenvalue weighted by Gasteiger charge is 2.35. The summed E-state index contributed by atoms with van der Waals surface area (Å²) in [6.45, 7) is 3.60. The van der Waals surface area contributed by atoms with Crippen molar-refractivity contribution >= 4 is 21.1 Å². The van der Waals surface area contributed by atoms with Crippen molar-refractivity contribution in [3.05, 3.63) is 23.5 Å². The van der Waals surface area contributed by atoms with Crippen molar-refractivity contribution in [2.24, 2.45) is 5.92 Å². The Labute approximate surface area is 166 Å². The van der Waals surface area contributed by atoms with Gasteiger partial charge in [0.25, 0.3) is 6.01 Å². The zero-order chi connectivity index (χ0) is 21.4. The highest BCUT2D eigenvalue weighted by molar-refractivity contribution is 7.90. The smallest absolute Gasteiger partial charge is 0.419 e. The Hall–Kier alpha value is -1.88. The molecule has 0 amide bonds. The fraction of sp³-hybridized carbons (Fsp3) is 0.611. The van der Waals surface area contributed by atoms with Gasteiger partial charge >= 0.3 is 6.18 Å². The van der Waals surface area contributed by atoms with Crippen LogP contribution in [0.4, 0.5) is 17.6 Å². The van der Waals surface area contributed by atoms with Gasteiger partial charge in [-0.15, -0.1) is 0 Å². The zero-order valence-electron chi connectivity index (χ0n) is 16.0. The van der Waals surface area contributed by atoms with E-state index in [0.717, 1.165) is 18.9 Å². The average molecular weight is 437 g/mol. The molecule has 0 radical (unpaired) electrons. The van der Waals surface area contributed by atoms with E-state index in [-0.39, 0.29) is 29.1 Å². The zero-order valence-corrected chi connectivity index (χ0v) is 16.8. The number of aromatic amines is 1. The summed E-state index contributed by atoms with van der Waals surface area (Å²) >= 11 is 0. The molecular formula is C18H23F4N3O3S. The van der Waals surface area contributed by atoms with Crippen LogP contribution in [-0.2, 0) is 16.2 Å². The Morgan fingerprint density at radius 3 is 2.48 bits per heavy atom. The molecule has 0 saturated heterocycles. The monoisotopic (exact) mass is 437 g/mol. The first-order chi connectivity index (χ1) is 13.5. The molecule has 1 aliphatic carbocycles. The molecule has 1 heterocycles. The van der Waals surface area contributed by atoms with Gasteiger partial charge in [0.2, 0.25) is 10.0 Å². The first-order valence-corrected chi connectivity index (χ1v) is 10.9. The van der Waals surface area contributed by atoms with E-state index in [1.165, 1.54) is 0 Å². The van der Waals surface area contributed by atoms with Crippen molar-refractivity contribution < 1.29 is 30.7 Å². The minimum atomic E-state index is -4.79. The number of hydrogen-bond acceptors (Lipinski definition) is 4. The number of H-pyrrole nitrogens is 1. The van der Waals surface area contributed by atoms with Crippen LogP contribution in [0, 0.1) is 11.7 Å². The van der Waals surface area contributed by atoms with Gasteiger partial charge in [-0.3, -0.25) is 0 Å². The fourth-order valence-electron chi connectivity index (χ4n) is 3.29. The molecule has 3 rings (SSSR count). The lowest BCUT2D eigenvalue weighted by molar-refractivity contribution is -0.139. The maximum absolute atomic E-state index is 13.7. The Bertz CT molecular complexity index is 965. The van der Waals surface area contributed by atoms with Crippen LogP contribution in [0.3, 0.4) is 0 Å². The van der Waals surface area contributed by atoms with Gasteiger partial charge in [0, 0.05) is 12.6 Å². The highest BCUT2D eigenvalue weighted by atomic mass is 32.2. The number of benzene rings is 1. The molecule has 2 aromatic rings. The van der Waals surface area contributed by atoms with Crippen LogP contribution in [-0.4, -0.2) is 36.3 Å². The summed E-state index contributed by atoms with van der Waals surface area (Å²) in [6, 6.07) is 1.46. The number of hydrogen-bond donors (Lipinski definition) is 2. The average Bonchev–Trinajstić information content (AvgIpc) is 3.00. The molecule has 29 heavy (non-hydrogen) atoms. The van der Waals surface area contributed by atoms with Gasteiger partial charge < -0.3 is 9.72 Å². The number of imidazole rings is 1. The second-order valence-corrected chi connectivity index (χ2v) is 9.91. The van der Waals surface area contributed by atoms with E-state index in [1.54, 1.807) is 13.8 Å². The number of aromatic nitrogens is 2. The summed E-state index contributed by atoms with van der Waals surface area (Å²) < 4.78 is 84.1. The molecule has 1 aliphatic rings. The Morgan fingerprint density at radius 1 is 1.24 bits per heavy atom. The van der Waals surface area contributed by atoms with E-state index in [1.807, 2.05) is 0 Å². The number of rotatable bonds is 6. The van der Waals surface area contributed by atoms with Gasteiger partial charge in [0.15, 0.2) is 0 Å². The number of fused-ring (bicyclic) bond motifs is 1. The standard InChI is InChI=1S/C18H23F4N3O3S/c1-10(2)29(26,27)23-9-11-3-5-12(6-4-11)28-17-24-15-7-13(18(20,21)22)14(19)8-16(15)25-17/h7-8,10-12,23H,3-6,9H2,1-2H3,(H,24,25). The van der Waals surface area contributed by atoms with Crippen LogP contribution in [0.25, 0.3) is 11.0 Å². The molecule has 1 aromatic carbocycles. The molecule has 0 atom stereocenters. The minimum Gasteiger partial charge on any atom is -0.461 e. The number of nitrogens with one attached hydrogen (secondary N) is 2. The molecule has 0 unspecified atom stereocenters. The number of ether oxygens (including phenoxy) is 1. The first-order valence-electron chi connectivity index (χ1n) is 9.37. The van der Waals surface area contributed by atoms with Crippen molar-refractivity contribution in [2.45, 2.75) is 57.1 Å². The normalized spacial score (nSPS) is 21.1. The summed E-state index contributed by atoms with van der Waals surface area (Å²) in [7, 11) is -3.30. The molecule has 0 aliphatic heterocycles. The molecule has 1 fully saturated rings. The van der Waals surface area contributed by atoms with E-state index in [4.69, 9.17) is 4.74 Å². The summed E-state index contributed by atoms with van der Waals surface area (Å²) in [4.78, 5) is 6.68. The lowest BCUT2D eigenvalue weighted by atomic mass is 9.87. The van der Waals surface area contributed by atoms with E-state index in [0.29, 0.717) is 25.5 Å². The van der Waals surface area contributed by atoms with Crippen molar-refractivity contribution in [3.63, 3.8) is 0 Å². The quantitative estimate of drug-likeness (QED) is 0.670. The SMILES string of the molecule is CC(C)S(=O)(=O)NCC1CCC(Oc2nc3cc(F)c(C(F)(F)F)cc3[nH]2)CC1. The fourth-order valence-corrected chi connectivity index (χ4v) is 4.09. The molecule has 1 aromatic heterocycles. The molecule has 0 bridgehead atoms. The lowest BCUT2D eigenvalue weighted by Crippen LogP contribution is -2.36. The van der Waals surface area contributed by atoms with Crippen LogP contribution in [0.15, 0.2) is 12.1 Å². The number of nitrogens with zero attached hydrogens (tertiary/aromatic N) is 1. The van der Waals surface area contributed by atoms with Crippen LogP contribution in [0.1, 0.15) is 45.1 Å². The number of sulfonamides is 1. The molecule has 11 heteroatoms. The van der Waals surface area contributed by atoms with Crippen LogP contribution >= 0.6 is 0 Å². The predicted molar refractivity (Wildman–Crippen MR) is 99.5 cm³/mol. The molecule has 6 nitrogen and oxygen atoms in total. The lowest BCUT2D eigenvalue weighted by Gasteiger charge is -2.28. The Morgan fingerprint density at radius 2 is 1.90 bits per heavy atom. The van der Waals surface area contributed by atoms with Gasteiger partial charge in [-0.05, 0) is 51.5 Å². The van der Waals surface area contributed by atoms with Crippen LogP contribution < -0.4 is 9.46 Å². The summed E-state index contributed by atoms with van der Waals surface area (Å²) in [6.07, 6.45) is -2.17. The molecule has 162 valence electrons. The van der Waals surface area contributed by atoms with Gasteiger partial charge in [-0.1, -0.05) is 0 Å². The van der Waals surface area contributed by atoms with Crippen LogP contribution in [0.5, 0.6) is 6.01 Å². The van der Waals surface area contributed by atoms with Crippen molar-refractivity contribution in [1.82, 2.24) is 14.7 Å². The van der Waals surface area contributed by atoms with E-state index in [2.05, 4.69) is 14.7 Å². The van der Waals surface area contributed by atoms with Crippen molar-refractivity contribution in [2.75, 3.05) is 6.54 Å². The molecule has 0 spiro atoms. The maximum Gasteiger partial charge on any atom is 0.419 e. The van der Waals surface area contributed by atoms with Gasteiger partial charge in [-0.25, -0.2) is 17.5 Å². The molecule has 2 N–H and O–H groups in total. The van der Waals surface area contributed by atoms with Gasteiger partial charge in [0.05, 0.1) is 21.8 Å². The van der Waals surface area contributed by atoms with Gasteiger partial charge in [-0.2, -0.15) is 18.2 Å². The third kappa shape index (κ3) is 5.19. The van der Waals surface area contributed by atoms with E-state index >= 15 is 0 Å². The van der Waals surface area contributed by atoms with E-state index < -0.39 is 32.8 Å². The third-order valence-electron chi connectivity index (χ3n) is 5.12. The Kier molecular flexibility index (Phi) is 6.09. The molecule has 1 saturated carbocycles. The summed E-state index contributed by atoms with van der Waals surface area (Å²) in [5, 5.41) is -0.488. The summed E-state index contributed by atoms with van der Waals surface area (Å²) in [5.41, 5.74) is -1.25. The second kappa shape index (κ2) is 8.10.